The van der Waals surface area contributed by atoms with Crippen molar-refractivity contribution in [3.63, 3.8) is 0 Å². The van der Waals surface area contributed by atoms with Crippen LogP contribution in [-0.2, 0) is 9.53 Å². The molecule has 21 heavy (non-hydrogen) atoms. The van der Waals surface area contributed by atoms with Crippen molar-refractivity contribution < 1.29 is 14.3 Å². The van der Waals surface area contributed by atoms with E-state index in [2.05, 4.69) is 10.2 Å². The van der Waals surface area contributed by atoms with Crippen LogP contribution in [0.2, 0.25) is 0 Å². The number of hydrogen-bond acceptors (Lipinski definition) is 5. The van der Waals surface area contributed by atoms with E-state index >= 15 is 0 Å². The van der Waals surface area contributed by atoms with Crippen LogP contribution >= 0.6 is 0 Å². The Morgan fingerprint density at radius 1 is 1.24 bits per heavy atom. The van der Waals surface area contributed by atoms with Crippen molar-refractivity contribution >= 4 is 5.91 Å². The molecule has 7 heteroatoms. The molecule has 1 fully saturated rings. The maximum absolute atomic E-state index is 12.0. The molecule has 0 N–H and O–H groups in total. The Bertz CT molecular complexity index is 594. The molecule has 1 aliphatic rings. The molecule has 2 heterocycles. The topological polar surface area (TPSA) is 69.5 Å². The maximum atomic E-state index is 12.0. The molecule has 1 aromatic heterocycles. The van der Waals surface area contributed by atoms with Gasteiger partial charge in [0.15, 0.2) is 6.61 Å². The maximum Gasteiger partial charge on any atom is 0.260 e. The van der Waals surface area contributed by atoms with Crippen molar-refractivity contribution in [1.29, 1.82) is 0 Å². The number of ether oxygens (including phenoxy) is 2. The minimum absolute atomic E-state index is 0.0204. The summed E-state index contributed by atoms with van der Waals surface area (Å²) in [7, 11) is 0. The van der Waals surface area contributed by atoms with E-state index in [4.69, 9.17) is 9.47 Å². The number of benzene rings is 1. The van der Waals surface area contributed by atoms with Crippen LogP contribution in [0.25, 0.3) is 5.69 Å². The first-order chi connectivity index (χ1) is 10.3. The number of hydrogen-bond donors (Lipinski definition) is 0. The van der Waals surface area contributed by atoms with E-state index < -0.39 is 0 Å². The summed E-state index contributed by atoms with van der Waals surface area (Å²) in [6.07, 6.45) is 3.22. The molecule has 110 valence electrons. The second kappa shape index (κ2) is 6.36. The van der Waals surface area contributed by atoms with Gasteiger partial charge in [-0.3, -0.25) is 9.36 Å². The minimum Gasteiger partial charge on any atom is -0.484 e. The van der Waals surface area contributed by atoms with Crippen LogP contribution in [0.3, 0.4) is 0 Å². The van der Waals surface area contributed by atoms with E-state index in [1.54, 1.807) is 22.1 Å². The summed E-state index contributed by atoms with van der Waals surface area (Å²) in [6, 6.07) is 7.44. The molecule has 0 unspecified atom stereocenters. The van der Waals surface area contributed by atoms with Crippen molar-refractivity contribution in [2.45, 2.75) is 0 Å². The molecule has 2 aromatic rings. The van der Waals surface area contributed by atoms with Gasteiger partial charge in [-0.25, -0.2) is 0 Å². The smallest absolute Gasteiger partial charge is 0.260 e. The van der Waals surface area contributed by atoms with Gasteiger partial charge in [-0.2, -0.15) is 0 Å². The first-order valence-corrected chi connectivity index (χ1v) is 6.76. The fourth-order valence-corrected chi connectivity index (χ4v) is 2.12. The molecule has 1 aromatic carbocycles. The van der Waals surface area contributed by atoms with E-state index in [1.807, 2.05) is 24.3 Å². The first-order valence-electron chi connectivity index (χ1n) is 6.76. The zero-order chi connectivity index (χ0) is 14.5. The molecule has 3 rings (SSSR count). The molecule has 0 radical (unpaired) electrons. The van der Waals surface area contributed by atoms with Gasteiger partial charge in [-0.05, 0) is 12.1 Å². The van der Waals surface area contributed by atoms with E-state index in [0.717, 1.165) is 5.69 Å². The van der Waals surface area contributed by atoms with Gasteiger partial charge < -0.3 is 14.4 Å². The van der Waals surface area contributed by atoms with E-state index in [-0.39, 0.29) is 12.5 Å². The van der Waals surface area contributed by atoms with Crippen LogP contribution in [-0.4, -0.2) is 58.5 Å². The summed E-state index contributed by atoms with van der Waals surface area (Å²) in [4.78, 5) is 13.8. The zero-order valence-corrected chi connectivity index (χ0v) is 11.5. The van der Waals surface area contributed by atoms with Crippen LogP contribution in [0.1, 0.15) is 0 Å². The Hall–Kier alpha value is -2.41. The number of rotatable bonds is 4. The largest absolute Gasteiger partial charge is 0.484 e. The Morgan fingerprint density at radius 3 is 2.76 bits per heavy atom. The second-order valence-electron chi connectivity index (χ2n) is 4.65. The summed E-state index contributed by atoms with van der Waals surface area (Å²) >= 11 is 0. The molecule has 0 spiro atoms. The molecule has 0 saturated carbocycles. The number of amides is 1. The summed E-state index contributed by atoms with van der Waals surface area (Å²) in [5.41, 5.74) is 0.885. The molecule has 1 saturated heterocycles. The van der Waals surface area contributed by atoms with Gasteiger partial charge in [0.05, 0.1) is 18.9 Å². The highest BCUT2D eigenvalue weighted by molar-refractivity contribution is 5.77. The van der Waals surface area contributed by atoms with Gasteiger partial charge in [0.25, 0.3) is 5.91 Å². The summed E-state index contributed by atoms with van der Waals surface area (Å²) < 4.78 is 12.6. The fraction of sp³-hybridized carbons (Fsp3) is 0.357. The number of nitrogens with zero attached hydrogens (tertiary/aromatic N) is 4. The number of carbonyl (C=O) groups is 1. The van der Waals surface area contributed by atoms with Crippen LogP contribution in [0.5, 0.6) is 5.75 Å². The third-order valence-electron chi connectivity index (χ3n) is 3.26. The lowest BCUT2D eigenvalue weighted by Gasteiger charge is -2.26. The molecule has 1 amide bonds. The van der Waals surface area contributed by atoms with Crippen LogP contribution in [0, 0.1) is 0 Å². The summed E-state index contributed by atoms with van der Waals surface area (Å²) in [5, 5.41) is 7.53. The lowest BCUT2D eigenvalue weighted by Crippen LogP contribution is -2.42. The SMILES string of the molecule is O=C(COc1cccc(-n2cnnc2)c1)N1CCOCC1. The van der Waals surface area contributed by atoms with E-state index in [1.165, 1.54) is 0 Å². The molecule has 0 atom stereocenters. The lowest BCUT2D eigenvalue weighted by molar-refractivity contribution is -0.137. The third-order valence-corrected chi connectivity index (χ3v) is 3.26. The molecule has 0 aliphatic carbocycles. The molecule has 0 bridgehead atoms. The third kappa shape index (κ3) is 3.38. The van der Waals surface area contributed by atoms with Gasteiger partial charge in [0.2, 0.25) is 0 Å². The second-order valence-corrected chi connectivity index (χ2v) is 4.65. The molecular weight excluding hydrogens is 272 g/mol. The quantitative estimate of drug-likeness (QED) is 0.819. The predicted octanol–water partition coefficient (Wildman–Crippen LogP) is 0.505. The summed E-state index contributed by atoms with van der Waals surface area (Å²) in [6.45, 7) is 2.47. The normalized spacial score (nSPS) is 15.0. The lowest BCUT2D eigenvalue weighted by atomic mass is 10.3. The highest BCUT2D eigenvalue weighted by atomic mass is 16.5. The van der Waals surface area contributed by atoms with Gasteiger partial charge in [-0.15, -0.1) is 10.2 Å². The van der Waals surface area contributed by atoms with Crippen LogP contribution in [0.4, 0.5) is 0 Å². The predicted molar refractivity (Wildman–Crippen MR) is 74.3 cm³/mol. The first kappa shape index (κ1) is 13.6. The standard InChI is InChI=1S/C14H16N4O3/c19-14(17-4-6-20-7-5-17)9-21-13-3-1-2-12(8-13)18-10-15-16-11-18/h1-3,8,10-11H,4-7,9H2. The Morgan fingerprint density at radius 2 is 2.00 bits per heavy atom. The Balaban J connectivity index is 1.60. The Kier molecular flexibility index (Phi) is 4.11. The molecular formula is C14H16N4O3. The van der Waals surface area contributed by atoms with E-state index in [9.17, 15) is 4.79 Å². The highest BCUT2D eigenvalue weighted by Crippen LogP contribution is 2.16. The number of morpholine rings is 1. The minimum atomic E-state index is -0.0204. The van der Waals surface area contributed by atoms with Crippen molar-refractivity contribution in [2.24, 2.45) is 0 Å². The van der Waals surface area contributed by atoms with E-state index in [0.29, 0.717) is 32.1 Å². The fourth-order valence-electron chi connectivity index (χ4n) is 2.12. The van der Waals surface area contributed by atoms with Gasteiger partial charge >= 0.3 is 0 Å². The average Bonchev–Trinajstić information content (AvgIpc) is 3.08. The molecule has 1 aliphatic heterocycles. The van der Waals surface area contributed by atoms with Crippen molar-refractivity contribution in [3.8, 4) is 11.4 Å². The number of carbonyl (C=O) groups excluding carboxylic acids is 1. The van der Waals surface area contributed by atoms with Crippen molar-refractivity contribution in [3.05, 3.63) is 36.9 Å². The summed E-state index contributed by atoms with van der Waals surface area (Å²) in [5.74, 6) is 0.621. The van der Waals surface area contributed by atoms with Crippen LogP contribution in [0.15, 0.2) is 36.9 Å². The van der Waals surface area contributed by atoms with Gasteiger partial charge in [0.1, 0.15) is 18.4 Å². The van der Waals surface area contributed by atoms with Crippen molar-refractivity contribution in [1.82, 2.24) is 19.7 Å². The Labute approximate surface area is 122 Å². The zero-order valence-electron chi connectivity index (χ0n) is 11.5. The van der Waals surface area contributed by atoms with Gasteiger partial charge in [0, 0.05) is 19.2 Å². The highest BCUT2D eigenvalue weighted by Gasteiger charge is 2.17. The van der Waals surface area contributed by atoms with Gasteiger partial charge in [-0.1, -0.05) is 6.07 Å². The molecule has 7 nitrogen and oxygen atoms in total. The number of aromatic nitrogens is 3. The van der Waals surface area contributed by atoms with Crippen molar-refractivity contribution in [2.75, 3.05) is 32.9 Å². The monoisotopic (exact) mass is 288 g/mol. The van der Waals surface area contributed by atoms with Crippen LogP contribution < -0.4 is 4.74 Å². The average molecular weight is 288 g/mol.